The minimum atomic E-state index is -0.380. The third kappa shape index (κ3) is 5.51. The van der Waals surface area contributed by atoms with Crippen LogP contribution in [-0.4, -0.2) is 50.0 Å². The molecule has 0 atom stereocenters. The normalized spacial score (nSPS) is 10.8. The van der Waals surface area contributed by atoms with Crippen molar-refractivity contribution in [3.8, 4) is 17.2 Å². The monoisotopic (exact) mass is 426 g/mol. The summed E-state index contributed by atoms with van der Waals surface area (Å²) in [6.45, 7) is -0.278. The molecule has 0 aliphatic heterocycles. The summed E-state index contributed by atoms with van der Waals surface area (Å²) < 4.78 is 16.4. The van der Waals surface area contributed by atoms with Crippen LogP contribution >= 0.6 is 23.2 Å². The topological polar surface area (TPSA) is 89.9 Å². The van der Waals surface area contributed by atoms with Gasteiger partial charge in [0.1, 0.15) is 0 Å². The van der Waals surface area contributed by atoms with E-state index < -0.39 is 0 Å². The van der Waals surface area contributed by atoms with Gasteiger partial charge in [0, 0.05) is 30.1 Å². The zero-order valence-corrected chi connectivity index (χ0v) is 16.9. The van der Waals surface area contributed by atoms with E-state index in [2.05, 4.69) is 10.3 Å². The molecule has 9 heteroatoms. The number of nitrogens with zero attached hydrogens (tertiary/aromatic N) is 1. The molecule has 0 aliphatic rings. The van der Waals surface area contributed by atoms with Crippen molar-refractivity contribution in [3.05, 3.63) is 45.7 Å². The fourth-order valence-electron chi connectivity index (χ4n) is 2.33. The number of benzene rings is 1. The third-order valence-electron chi connectivity index (χ3n) is 3.63. The van der Waals surface area contributed by atoms with Crippen molar-refractivity contribution >= 4 is 41.3 Å². The van der Waals surface area contributed by atoms with Crippen LogP contribution in [0.25, 0.3) is 12.2 Å². The highest BCUT2D eigenvalue weighted by Crippen LogP contribution is 2.41. The van der Waals surface area contributed by atoms with Crippen LogP contribution in [0.15, 0.2) is 24.5 Å². The van der Waals surface area contributed by atoms with Gasteiger partial charge in [-0.3, -0.25) is 9.78 Å². The van der Waals surface area contributed by atoms with Crippen molar-refractivity contribution in [2.45, 2.75) is 0 Å². The van der Waals surface area contributed by atoms with Crippen molar-refractivity contribution < 1.29 is 24.1 Å². The molecule has 0 saturated carbocycles. The van der Waals surface area contributed by atoms with Crippen LogP contribution in [0.5, 0.6) is 17.2 Å². The molecule has 1 aromatic carbocycles. The second-order valence-electron chi connectivity index (χ2n) is 5.43. The van der Waals surface area contributed by atoms with Gasteiger partial charge in [-0.25, -0.2) is 0 Å². The first-order valence-electron chi connectivity index (χ1n) is 8.24. The van der Waals surface area contributed by atoms with E-state index in [1.807, 2.05) is 0 Å². The first-order chi connectivity index (χ1) is 13.5. The second kappa shape index (κ2) is 10.8. The molecule has 2 rings (SSSR count). The predicted octanol–water partition coefficient (Wildman–Crippen LogP) is 3.06. The highest BCUT2D eigenvalue weighted by atomic mass is 35.5. The lowest BCUT2D eigenvalue weighted by molar-refractivity contribution is -0.123. The Morgan fingerprint density at radius 1 is 1.14 bits per heavy atom. The van der Waals surface area contributed by atoms with Gasteiger partial charge in [-0.15, -0.1) is 0 Å². The summed E-state index contributed by atoms with van der Waals surface area (Å²) in [5, 5.41) is 12.1. The molecule has 0 spiro atoms. The van der Waals surface area contributed by atoms with Crippen LogP contribution in [0.4, 0.5) is 0 Å². The van der Waals surface area contributed by atoms with Gasteiger partial charge in [0.25, 0.3) is 5.91 Å². The molecule has 0 saturated heterocycles. The van der Waals surface area contributed by atoms with Crippen LogP contribution in [0, 0.1) is 0 Å². The zero-order chi connectivity index (χ0) is 20.5. The van der Waals surface area contributed by atoms with E-state index in [4.69, 9.17) is 42.5 Å². The van der Waals surface area contributed by atoms with E-state index in [9.17, 15) is 4.79 Å². The molecule has 0 aliphatic carbocycles. The van der Waals surface area contributed by atoms with Gasteiger partial charge in [-0.1, -0.05) is 35.4 Å². The lowest BCUT2D eigenvalue weighted by atomic mass is 10.1. The largest absolute Gasteiger partial charge is 0.493 e. The van der Waals surface area contributed by atoms with Gasteiger partial charge in [0.15, 0.2) is 18.1 Å². The number of carbonyl (C=O) groups excluding carboxylic acids is 1. The number of ether oxygens (including phenoxy) is 3. The van der Waals surface area contributed by atoms with Crippen LogP contribution in [0.2, 0.25) is 10.0 Å². The molecule has 2 N–H and O–H groups in total. The minimum absolute atomic E-state index is 0.142. The number of rotatable bonds is 9. The summed E-state index contributed by atoms with van der Waals surface area (Å²) in [5.41, 5.74) is 1.22. The quantitative estimate of drug-likeness (QED) is 0.640. The number of aliphatic hydroxyl groups excluding tert-OH is 1. The van der Waals surface area contributed by atoms with E-state index in [0.29, 0.717) is 38.4 Å². The number of aliphatic hydroxyl groups is 1. The maximum atomic E-state index is 11.8. The van der Waals surface area contributed by atoms with Gasteiger partial charge in [0.2, 0.25) is 5.75 Å². The fraction of sp³-hybridized carbons (Fsp3) is 0.263. The van der Waals surface area contributed by atoms with Gasteiger partial charge in [-0.2, -0.15) is 0 Å². The Bertz CT molecular complexity index is 838. The molecule has 1 heterocycles. The Morgan fingerprint density at radius 3 is 2.46 bits per heavy atom. The molecule has 7 nitrogen and oxygen atoms in total. The second-order valence-corrected chi connectivity index (χ2v) is 6.25. The standard InChI is InChI=1S/C19H20Cl2N2O5/c1-26-16-6-4-12(3-5-13-14(20)9-22-10-15(13)21)18(19(16)27-2)28-11-17(25)23-7-8-24/h3-6,9-10,24H,7-8,11H2,1-2H3,(H,23,25). The maximum absolute atomic E-state index is 11.8. The van der Waals surface area contributed by atoms with E-state index in [1.165, 1.54) is 26.6 Å². The molecule has 1 amide bonds. The van der Waals surface area contributed by atoms with E-state index in [1.54, 1.807) is 24.3 Å². The highest BCUT2D eigenvalue weighted by molar-refractivity contribution is 6.37. The fourth-order valence-corrected chi connectivity index (χ4v) is 2.82. The Kier molecular flexibility index (Phi) is 8.38. The Labute approximate surface area is 172 Å². The van der Waals surface area contributed by atoms with E-state index in [-0.39, 0.29) is 25.7 Å². The van der Waals surface area contributed by atoms with Gasteiger partial charge in [0.05, 0.1) is 30.9 Å². The number of amides is 1. The van der Waals surface area contributed by atoms with Crippen LogP contribution in [0.1, 0.15) is 11.1 Å². The van der Waals surface area contributed by atoms with Gasteiger partial charge < -0.3 is 24.6 Å². The summed E-state index contributed by atoms with van der Waals surface area (Å²) in [6, 6.07) is 3.47. The van der Waals surface area contributed by atoms with Crippen LogP contribution < -0.4 is 19.5 Å². The van der Waals surface area contributed by atoms with E-state index >= 15 is 0 Å². The highest BCUT2D eigenvalue weighted by Gasteiger charge is 2.17. The van der Waals surface area contributed by atoms with Crippen molar-refractivity contribution in [3.63, 3.8) is 0 Å². The van der Waals surface area contributed by atoms with Gasteiger partial charge >= 0.3 is 0 Å². The summed E-state index contributed by atoms with van der Waals surface area (Å²) >= 11 is 12.3. The van der Waals surface area contributed by atoms with Crippen molar-refractivity contribution in [1.82, 2.24) is 10.3 Å². The number of aromatic nitrogens is 1. The zero-order valence-electron chi connectivity index (χ0n) is 15.4. The predicted molar refractivity (Wildman–Crippen MR) is 108 cm³/mol. The number of pyridine rings is 1. The molecule has 0 unspecified atom stereocenters. The lowest BCUT2D eigenvalue weighted by Gasteiger charge is -2.16. The summed E-state index contributed by atoms with van der Waals surface area (Å²) in [6.07, 6.45) is 6.43. The lowest BCUT2D eigenvalue weighted by Crippen LogP contribution is -2.31. The molecule has 0 fully saturated rings. The third-order valence-corrected chi connectivity index (χ3v) is 4.23. The Morgan fingerprint density at radius 2 is 1.86 bits per heavy atom. The number of carbonyl (C=O) groups is 1. The number of nitrogens with one attached hydrogen (secondary N) is 1. The van der Waals surface area contributed by atoms with Crippen molar-refractivity contribution in [2.75, 3.05) is 34.0 Å². The number of hydrogen-bond acceptors (Lipinski definition) is 6. The SMILES string of the molecule is COc1ccc(C=Cc2c(Cl)cncc2Cl)c(OCC(=O)NCCO)c1OC. The summed E-state index contributed by atoms with van der Waals surface area (Å²) in [4.78, 5) is 15.7. The molecular weight excluding hydrogens is 407 g/mol. The first kappa shape index (κ1) is 21.8. The number of halogens is 2. The number of methoxy groups -OCH3 is 2. The molecule has 0 radical (unpaired) electrons. The van der Waals surface area contributed by atoms with E-state index in [0.717, 1.165) is 0 Å². The Balaban J connectivity index is 2.37. The molecule has 150 valence electrons. The van der Waals surface area contributed by atoms with Gasteiger partial charge in [-0.05, 0) is 12.1 Å². The van der Waals surface area contributed by atoms with Crippen LogP contribution in [0.3, 0.4) is 0 Å². The minimum Gasteiger partial charge on any atom is -0.493 e. The Hall–Kier alpha value is -2.48. The van der Waals surface area contributed by atoms with Crippen molar-refractivity contribution in [2.24, 2.45) is 0 Å². The van der Waals surface area contributed by atoms with Crippen molar-refractivity contribution in [1.29, 1.82) is 0 Å². The van der Waals surface area contributed by atoms with Crippen LogP contribution in [-0.2, 0) is 4.79 Å². The smallest absolute Gasteiger partial charge is 0.258 e. The average molecular weight is 427 g/mol. The maximum Gasteiger partial charge on any atom is 0.258 e. The molecular formula is C19H20Cl2N2O5. The summed E-state index contributed by atoms with van der Waals surface area (Å²) in [5.74, 6) is 0.726. The molecule has 0 bridgehead atoms. The molecule has 1 aromatic heterocycles. The number of hydrogen-bond donors (Lipinski definition) is 2. The summed E-state index contributed by atoms with van der Waals surface area (Å²) in [7, 11) is 2.97. The first-order valence-corrected chi connectivity index (χ1v) is 8.99. The molecule has 2 aromatic rings. The average Bonchev–Trinajstić information content (AvgIpc) is 2.70. The molecule has 28 heavy (non-hydrogen) atoms.